The fourth-order valence-electron chi connectivity index (χ4n) is 2.09. The number of amides is 1. The lowest BCUT2D eigenvalue weighted by atomic mass is 9.81. The second kappa shape index (κ2) is 6.36. The molecule has 0 radical (unpaired) electrons. The highest BCUT2D eigenvalue weighted by atomic mass is 19.3. The van der Waals surface area contributed by atoms with Crippen LogP contribution in [0.4, 0.5) is 17.6 Å². The predicted molar refractivity (Wildman–Crippen MR) is 58.5 cm³/mol. The van der Waals surface area contributed by atoms with Gasteiger partial charge in [0.15, 0.2) is 0 Å². The summed E-state index contributed by atoms with van der Waals surface area (Å²) in [5, 5.41) is 1.91. The van der Waals surface area contributed by atoms with Crippen LogP contribution in [0.25, 0.3) is 0 Å². The third-order valence-electron chi connectivity index (χ3n) is 3.37. The molecule has 106 valence electrons. The summed E-state index contributed by atoms with van der Waals surface area (Å²) in [6.45, 7) is -0.752. The summed E-state index contributed by atoms with van der Waals surface area (Å²) in [5.74, 6) is -4.71. The number of rotatable bonds is 5. The van der Waals surface area contributed by atoms with Gasteiger partial charge in [-0.05, 0) is 38.1 Å². The van der Waals surface area contributed by atoms with Crippen molar-refractivity contribution in [2.75, 3.05) is 13.1 Å². The lowest BCUT2D eigenvalue weighted by Gasteiger charge is -2.27. The molecule has 0 heterocycles. The molecule has 18 heavy (non-hydrogen) atoms. The van der Waals surface area contributed by atoms with Crippen LogP contribution in [-0.4, -0.2) is 31.3 Å². The van der Waals surface area contributed by atoms with E-state index in [0.717, 1.165) is 12.8 Å². The average molecular weight is 270 g/mol. The van der Waals surface area contributed by atoms with Gasteiger partial charge in [0.2, 0.25) is 5.91 Å². The molecule has 0 atom stereocenters. The summed E-state index contributed by atoms with van der Waals surface area (Å²) in [6, 6.07) is 0. The largest absolute Gasteiger partial charge is 0.350 e. The van der Waals surface area contributed by atoms with Crippen LogP contribution in [0.5, 0.6) is 0 Å². The van der Waals surface area contributed by atoms with Gasteiger partial charge < -0.3 is 11.1 Å². The third kappa shape index (κ3) is 4.12. The first-order valence-corrected chi connectivity index (χ1v) is 6.00. The SMILES string of the molecule is NCC1CCC(C(=O)NCC(F)(F)C(F)F)CC1. The first-order chi connectivity index (χ1) is 8.36. The summed E-state index contributed by atoms with van der Waals surface area (Å²) in [7, 11) is 0. The highest BCUT2D eigenvalue weighted by Gasteiger charge is 2.41. The molecule has 1 rings (SSSR count). The number of carbonyl (C=O) groups is 1. The van der Waals surface area contributed by atoms with Crippen LogP contribution in [0, 0.1) is 11.8 Å². The molecular weight excluding hydrogens is 252 g/mol. The summed E-state index contributed by atoms with van der Waals surface area (Å²) in [5.41, 5.74) is 5.49. The minimum atomic E-state index is -4.16. The van der Waals surface area contributed by atoms with Crippen molar-refractivity contribution in [1.29, 1.82) is 0 Å². The fraction of sp³-hybridized carbons (Fsp3) is 0.909. The van der Waals surface area contributed by atoms with Crippen LogP contribution in [0.15, 0.2) is 0 Å². The maximum absolute atomic E-state index is 12.6. The van der Waals surface area contributed by atoms with E-state index in [1.165, 1.54) is 0 Å². The molecule has 0 spiro atoms. The minimum absolute atomic E-state index is 0.360. The molecule has 7 heteroatoms. The molecule has 0 aromatic carbocycles. The Morgan fingerprint density at radius 2 is 1.83 bits per heavy atom. The van der Waals surface area contributed by atoms with Crippen LogP contribution in [-0.2, 0) is 4.79 Å². The first kappa shape index (κ1) is 15.2. The quantitative estimate of drug-likeness (QED) is 0.748. The number of hydrogen-bond acceptors (Lipinski definition) is 2. The Labute approximate surface area is 103 Å². The Hall–Kier alpha value is -0.850. The summed E-state index contributed by atoms with van der Waals surface area (Å²) >= 11 is 0. The molecule has 1 aliphatic carbocycles. The molecule has 0 bridgehead atoms. The molecule has 3 nitrogen and oxygen atoms in total. The summed E-state index contributed by atoms with van der Waals surface area (Å²) in [6.07, 6.45) is -1.05. The van der Waals surface area contributed by atoms with E-state index < -0.39 is 24.8 Å². The summed E-state index contributed by atoms with van der Waals surface area (Å²) in [4.78, 5) is 11.5. The zero-order valence-corrected chi connectivity index (χ0v) is 9.97. The standard InChI is InChI=1S/C11H18F4N2O/c12-10(13)11(14,15)6-17-9(18)8-3-1-7(5-16)2-4-8/h7-8,10H,1-6,16H2,(H,17,18). The van der Waals surface area contributed by atoms with Gasteiger partial charge >= 0.3 is 12.3 Å². The van der Waals surface area contributed by atoms with Gasteiger partial charge in [0.1, 0.15) is 0 Å². The summed E-state index contributed by atoms with van der Waals surface area (Å²) < 4.78 is 49.0. The van der Waals surface area contributed by atoms with E-state index >= 15 is 0 Å². The van der Waals surface area contributed by atoms with Crippen molar-refractivity contribution >= 4 is 5.91 Å². The number of alkyl halides is 4. The molecule has 1 saturated carbocycles. The van der Waals surface area contributed by atoms with E-state index in [-0.39, 0.29) is 5.92 Å². The molecule has 0 saturated heterocycles. The highest BCUT2D eigenvalue weighted by Crippen LogP contribution is 2.28. The van der Waals surface area contributed by atoms with Gasteiger partial charge in [0.25, 0.3) is 0 Å². The van der Waals surface area contributed by atoms with Gasteiger partial charge in [-0.3, -0.25) is 4.79 Å². The van der Waals surface area contributed by atoms with Crippen molar-refractivity contribution in [1.82, 2.24) is 5.32 Å². The number of hydrogen-bond donors (Lipinski definition) is 2. The lowest BCUT2D eigenvalue weighted by molar-refractivity contribution is -0.139. The Bertz CT molecular complexity index is 278. The Kier molecular flexibility index (Phi) is 5.37. The van der Waals surface area contributed by atoms with E-state index in [1.54, 1.807) is 0 Å². The third-order valence-corrected chi connectivity index (χ3v) is 3.37. The Morgan fingerprint density at radius 1 is 1.28 bits per heavy atom. The van der Waals surface area contributed by atoms with E-state index in [0.29, 0.717) is 25.3 Å². The molecular formula is C11H18F4N2O. The Balaban J connectivity index is 2.34. The van der Waals surface area contributed by atoms with Crippen LogP contribution in [0.2, 0.25) is 0 Å². The van der Waals surface area contributed by atoms with Crippen LogP contribution < -0.4 is 11.1 Å². The van der Waals surface area contributed by atoms with Gasteiger partial charge in [-0.1, -0.05) is 0 Å². The van der Waals surface area contributed by atoms with Crippen molar-refractivity contribution in [3.05, 3.63) is 0 Å². The van der Waals surface area contributed by atoms with E-state index in [2.05, 4.69) is 0 Å². The zero-order chi connectivity index (χ0) is 13.8. The Morgan fingerprint density at radius 3 is 2.28 bits per heavy atom. The number of carbonyl (C=O) groups excluding carboxylic acids is 1. The smallest absolute Gasteiger partial charge is 0.324 e. The van der Waals surface area contributed by atoms with Gasteiger partial charge in [0, 0.05) is 5.92 Å². The maximum Gasteiger partial charge on any atom is 0.324 e. The number of nitrogens with one attached hydrogen (secondary N) is 1. The lowest BCUT2D eigenvalue weighted by Crippen LogP contribution is -2.44. The van der Waals surface area contributed by atoms with Crippen molar-refractivity contribution < 1.29 is 22.4 Å². The fourth-order valence-corrected chi connectivity index (χ4v) is 2.09. The van der Waals surface area contributed by atoms with Gasteiger partial charge in [0.05, 0.1) is 6.54 Å². The normalized spacial score (nSPS) is 25.2. The van der Waals surface area contributed by atoms with E-state index in [1.807, 2.05) is 5.32 Å². The molecule has 3 N–H and O–H groups in total. The van der Waals surface area contributed by atoms with Crippen LogP contribution in [0.1, 0.15) is 25.7 Å². The van der Waals surface area contributed by atoms with Gasteiger partial charge in [-0.15, -0.1) is 0 Å². The van der Waals surface area contributed by atoms with Gasteiger partial charge in [-0.2, -0.15) is 8.78 Å². The highest BCUT2D eigenvalue weighted by molar-refractivity contribution is 5.78. The van der Waals surface area contributed by atoms with E-state index in [4.69, 9.17) is 5.73 Å². The molecule has 0 aromatic rings. The minimum Gasteiger partial charge on any atom is -0.350 e. The second-order valence-corrected chi connectivity index (χ2v) is 4.73. The second-order valence-electron chi connectivity index (χ2n) is 4.73. The van der Waals surface area contributed by atoms with Crippen molar-refractivity contribution in [3.63, 3.8) is 0 Å². The van der Waals surface area contributed by atoms with Crippen LogP contribution >= 0.6 is 0 Å². The number of halogens is 4. The van der Waals surface area contributed by atoms with Crippen molar-refractivity contribution in [2.45, 2.75) is 38.0 Å². The maximum atomic E-state index is 12.6. The van der Waals surface area contributed by atoms with Crippen molar-refractivity contribution in [3.8, 4) is 0 Å². The molecule has 0 unspecified atom stereocenters. The van der Waals surface area contributed by atoms with Crippen LogP contribution in [0.3, 0.4) is 0 Å². The number of nitrogens with two attached hydrogens (primary N) is 1. The zero-order valence-electron chi connectivity index (χ0n) is 9.97. The molecule has 1 fully saturated rings. The van der Waals surface area contributed by atoms with Gasteiger partial charge in [-0.25, -0.2) is 8.78 Å². The average Bonchev–Trinajstić information content (AvgIpc) is 2.36. The molecule has 0 aliphatic heterocycles. The topological polar surface area (TPSA) is 55.1 Å². The molecule has 0 aromatic heterocycles. The molecule has 1 aliphatic rings. The van der Waals surface area contributed by atoms with Crippen molar-refractivity contribution in [2.24, 2.45) is 17.6 Å². The monoisotopic (exact) mass is 270 g/mol. The molecule has 1 amide bonds. The predicted octanol–water partition coefficient (Wildman–Crippen LogP) is 1.77. The first-order valence-electron chi connectivity index (χ1n) is 6.00. The van der Waals surface area contributed by atoms with E-state index in [9.17, 15) is 22.4 Å².